The van der Waals surface area contributed by atoms with Crippen molar-refractivity contribution >= 4 is 17.5 Å². The topological polar surface area (TPSA) is 60.2 Å². The molecule has 2 rings (SSSR count). The van der Waals surface area contributed by atoms with Gasteiger partial charge in [-0.3, -0.25) is 14.9 Å². The van der Waals surface area contributed by atoms with Gasteiger partial charge in [-0.2, -0.15) is 0 Å². The first-order valence-corrected chi connectivity index (χ1v) is 5.79. The minimum atomic E-state index is -0.555. The summed E-state index contributed by atoms with van der Waals surface area (Å²) in [4.78, 5) is 21.9. The van der Waals surface area contributed by atoms with E-state index in [0.717, 1.165) is 0 Å². The minimum Gasteiger partial charge on any atom is -0.289 e. The minimum absolute atomic E-state index is 0.133. The lowest BCUT2D eigenvalue weighted by Gasteiger charge is -1.96. The lowest BCUT2D eigenvalue weighted by atomic mass is 10.1. The van der Waals surface area contributed by atoms with Crippen molar-refractivity contribution in [2.24, 2.45) is 0 Å². The molecule has 0 saturated carbocycles. The summed E-state index contributed by atoms with van der Waals surface area (Å²) in [5, 5.41) is 10.6. The van der Waals surface area contributed by atoms with Gasteiger partial charge >= 0.3 is 0 Å². The molecule has 0 atom stereocenters. The fourth-order valence-electron chi connectivity index (χ4n) is 1.61. The van der Waals surface area contributed by atoms with Gasteiger partial charge in [0.1, 0.15) is 5.82 Å². The van der Waals surface area contributed by atoms with Crippen LogP contribution in [-0.4, -0.2) is 10.7 Å². The Kier molecular flexibility index (Phi) is 4.00. The van der Waals surface area contributed by atoms with E-state index in [4.69, 9.17) is 0 Å². The summed E-state index contributed by atoms with van der Waals surface area (Å²) in [6.45, 7) is 0. The average molecular weight is 271 g/mol. The van der Waals surface area contributed by atoms with Crippen LogP contribution in [0, 0.1) is 15.9 Å². The number of hydrogen-bond donors (Lipinski definition) is 0. The smallest absolute Gasteiger partial charge is 0.270 e. The van der Waals surface area contributed by atoms with Crippen molar-refractivity contribution in [3.05, 3.63) is 81.7 Å². The summed E-state index contributed by atoms with van der Waals surface area (Å²) in [7, 11) is 0. The van der Waals surface area contributed by atoms with Crippen LogP contribution in [0.25, 0.3) is 6.08 Å². The number of carbonyl (C=O) groups is 1. The molecule has 0 aliphatic heterocycles. The molecule has 0 bridgehead atoms. The number of ketones is 1. The molecule has 0 aromatic heterocycles. The predicted molar refractivity (Wildman–Crippen MR) is 72.9 cm³/mol. The van der Waals surface area contributed by atoms with E-state index in [1.165, 1.54) is 60.7 Å². The second-order valence-electron chi connectivity index (χ2n) is 4.06. The van der Waals surface area contributed by atoms with Gasteiger partial charge in [0.2, 0.25) is 0 Å². The van der Waals surface area contributed by atoms with E-state index in [-0.39, 0.29) is 22.9 Å². The van der Waals surface area contributed by atoms with Gasteiger partial charge in [0.05, 0.1) is 4.92 Å². The zero-order valence-electron chi connectivity index (χ0n) is 10.3. The molecule has 0 saturated heterocycles. The summed E-state index contributed by atoms with van der Waals surface area (Å²) < 4.78 is 12.7. The number of hydrogen-bond acceptors (Lipinski definition) is 3. The number of carbonyl (C=O) groups excluding carboxylic acids is 1. The van der Waals surface area contributed by atoms with Crippen molar-refractivity contribution < 1.29 is 14.1 Å². The van der Waals surface area contributed by atoms with Crippen LogP contribution in [-0.2, 0) is 0 Å². The van der Waals surface area contributed by atoms with Gasteiger partial charge in [0.25, 0.3) is 5.69 Å². The fourth-order valence-corrected chi connectivity index (χ4v) is 1.61. The van der Waals surface area contributed by atoms with Crippen LogP contribution in [0.2, 0.25) is 0 Å². The SMILES string of the molecule is O=C(/C=C\c1ccc(F)cc1)c1cccc([N+](=O)[O-])c1. The first kappa shape index (κ1) is 13.6. The van der Waals surface area contributed by atoms with E-state index in [0.29, 0.717) is 5.56 Å². The molecule has 0 aliphatic carbocycles. The van der Waals surface area contributed by atoms with E-state index in [2.05, 4.69) is 0 Å². The molecule has 0 spiro atoms. The van der Waals surface area contributed by atoms with Crippen LogP contribution in [0.4, 0.5) is 10.1 Å². The quantitative estimate of drug-likeness (QED) is 0.369. The Labute approximate surface area is 114 Å². The highest BCUT2D eigenvalue weighted by Gasteiger charge is 2.09. The number of allylic oxidation sites excluding steroid dienone is 1. The van der Waals surface area contributed by atoms with E-state index in [9.17, 15) is 19.3 Å². The molecule has 0 amide bonds. The Balaban J connectivity index is 2.17. The van der Waals surface area contributed by atoms with E-state index < -0.39 is 4.92 Å². The highest BCUT2D eigenvalue weighted by atomic mass is 19.1. The fraction of sp³-hybridized carbons (Fsp3) is 0. The second kappa shape index (κ2) is 5.88. The third-order valence-electron chi connectivity index (χ3n) is 2.64. The lowest BCUT2D eigenvalue weighted by Crippen LogP contribution is -1.96. The van der Waals surface area contributed by atoms with Gasteiger partial charge in [-0.15, -0.1) is 0 Å². The van der Waals surface area contributed by atoms with Crippen molar-refractivity contribution in [3.8, 4) is 0 Å². The monoisotopic (exact) mass is 271 g/mol. The Bertz CT molecular complexity index is 678. The normalized spacial score (nSPS) is 10.7. The molecule has 0 fully saturated rings. The Hall–Kier alpha value is -2.82. The number of nitrogens with zero attached hydrogens (tertiary/aromatic N) is 1. The summed E-state index contributed by atoms with van der Waals surface area (Å²) in [5.74, 6) is -0.704. The van der Waals surface area contributed by atoms with Gasteiger partial charge in [-0.1, -0.05) is 30.3 Å². The summed E-state index contributed by atoms with van der Waals surface area (Å²) >= 11 is 0. The highest BCUT2D eigenvalue weighted by Crippen LogP contribution is 2.14. The summed E-state index contributed by atoms with van der Waals surface area (Å²) in [6.07, 6.45) is 2.83. The molecular formula is C15H10FNO3. The Morgan fingerprint density at radius 3 is 2.50 bits per heavy atom. The maximum atomic E-state index is 12.7. The van der Waals surface area contributed by atoms with Crippen molar-refractivity contribution in [2.45, 2.75) is 0 Å². The number of nitro benzene ring substituents is 1. The molecule has 0 aliphatic rings. The van der Waals surface area contributed by atoms with Crippen molar-refractivity contribution in [2.75, 3.05) is 0 Å². The number of benzene rings is 2. The van der Waals surface area contributed by atoms with E-state index >= 15 is 0 Å². The number of rotatable bonds is 4. The first-order chi connectivity index (χ1) is 9.56. The molecule has 100 valence electrons. The van der Waals surface area contributed by atoms with Gasteiger partial charge in [-0.05, 0) is 23.8 Å². The molecule has 0 N–H and O–H groups in total. The van der Waals surface area contributed by atoms with Crippen LogP contribution in [0.5, 0.6) is 0 Å². The molecule has 2 aromatic rings. The average Bonchev–Trinajstić information content (AvgIpc) is 2.46. The van der Waals surface area contributed by atoms with Crippen LogP contribution < -0.4 is 0 Å². The summed E-state index contributed by atoms with van der Waals surface area (Å²) in [6, 6.07) is 11.1. The van der Waals surface area contributed by atoms with Gasteiger partial charge < -0.3 is 0 Å². The number of non-ortho nitro benzene ring substituents is 1. The molecule has 2 aromatic carbocycles. The molecular weight excluding hydrogens is 261 g/mol. The second-order valence-corrected chi connectivity index (χ2v) is 4.06. The van der Waals surface area contributed by atoms with Gasteiger partial charge in [-0.25, -0.2) is 4.39 Å². The summed E-state index contributed by atoms with van der Waals surface area (Å²) in [5.41, 5.74) is 0.772. The van der Waals surface area contributed by atoms with Crippen LogP contribution in [0.15, 0.2) is 54.6 Å². The van der Waals surface area contributed by atoms with Gasteiger partial charge in [0, 0.05) is 17.7 Å². The predicted octanol–water partition coefficient (Wildman–Crippen LogP) is 3.63. The van der Waals surface area contributed by atoms with E-state index in [1.807, 2.05) is 0 Å². The molecule has 0 radical (unpaired) electrons. The van der Waals surface area contributed by atoms with Crippen molar-refractivity contribution in [3.63, 3.8) is 0 Å². The Morgan fingerprint density at radius 2 is 1.85 bits per heavy atom. The van der Waals surface area contributed by atoms with Crippen LogP contribution in [0.1, 0.15) is 15.9 Å². The third-order valence-corrected chi connectivity index (χ3v) is 2.64. The first-order valence-electron chi connectivity index (χ1n) is 5.79. The largest absolute Gasteiger partial charge is 0.289 e. The van der Waals surface area contributed by atoms with Crippen molar-refractivity contribution in [1.29, 1.82) is 0 Å². The molecule has 0 heterocycles. The zero-order chi connectivity index (χ0) is 14.5. The van der Waals surface area contributed by atoms with Gasteiger partial charge in [0.15, 0.2) is 5.78 Å². The maximum absolute atomic E-state index is 12.7. The molecule has 0 unspecified atom stereocenters. The zero-order valence-corrected chi connectivity index (χ0v) is 10.3. The lowest BCUT2D eigenvalue weighted by molar-refractivity contribution is -0.384. The molecule has 4 nitrogen and oxygen atoms in total. The van der Waals surface area contributed by atoms with Crippen LogP contribution in [0.3, 0.4) is 0 Å². The Morgan fingerprint density at radius 1 is 1.15 bits per heavy atom. The molecule has 20 heavy (non-hydrogen) atoms. The highest BCUT2D eigenvalue weighted by molar-refractivity contribution is 6.07. The number of halogens is 1. The number of nitro groups is 1. The molecule has 5 heteroatoms. The van der Waals surface area contributed by atoms with Crippen molar-refractivity contribution in [1.82, 2.24) is 0 Å². The standard InChI is InChI=1S/C15H10FNO3/c16-13-7-4-11(5-8-13)6-9-15(18)12-2-1-3-14(10-12)17(19)20/h1-10H/b9-6-. The van der Waals surface area contributed by atoms with Crippen LogP contribution >= 0.6 is 0 Å². The van der Waals surface area contributed by atoms with E-state index in [1.54, 1.807) is 0 Å². The maximum Gasteiger partial charge on any atom is 0.270 e. The third kappa shape index (κ3) is 3.35.